The third kappa shape index (κ3) is 3.80. The van der Waals surface area contributed by atoms with Crippen LogP contribution in [-0.4, -0.2) is 52.2 Å². The van der Waals surface area contributed by atoms with E-state index >= 15 is 0 Å². The standard InChI is InChI=1S/C13H23N3O2/c1-2-16-11-12(9-14-16)10-15-5-3-13(4-6-15)18-8-7-17/h9,11,13,17H,2-8,10H2,1H3. The number of aliphatic hydroxyl groups excluding tert-OH is 1. The maximum Gasteiger partial charge on any atom is 0.0701 e. The molecule has 1 aromatic heterocycles. The number of aryl methyl sites for hydroxylation is 1. The van der Waals surface area contributed by atoms with Crippen molar-refractivity contribution >= 4 is 0 Å². The topological polar surface area (TPSA) is 50.5 Å². The zero-order chi connectivity index (χ0) is 12.8. The number of rotatable bonds is 6. The summed E-state index contributed by atoms with van der Waals surface area (Å²) in [6.07, 6.45) is 6.52. The average molecular weight is 253 g/mol. The Balaban J connectivity index is 1.73. The van der Waals surface area contributed by atoms with Gasteiger partial charge in [-0.15, -0.1) is 0 Å². The molecule has 0 bridgehead atoms. The maximum absolute atomic E-state index is 8.72. The molecule has 0 radical (unpaired) electrons. The van der Waals surface area contributed by atoms with Gasteiger partial charge >= 0.3 is 0 Å². The minimum absolute atomic E-state index is 0.121. The lowest BCUT2D eigenvalue weighted by Gasteiger charge is -2.31. The van der Waals surface area contributed by atoms with Crippen molar-refractivity contribution in [2.75, 3.05) is 26.3 Å². The molecular weight excluding hydrogens is 230 g/mol. The van der Waals surface area contributed by atoms with Crippen LogP contribution in [0.25, 0.3) is 0 Å². The molecule has 0 amide bonds. The van der Waals surface area contributed by atoms with Crippen molar-refractivity contribution in [3.05, 3.63) is 18.0 Å². The molecule has 1 fully saturated rings. The summed E-state index contributed by atoms with van der Waals surface area (Å²) < 4.78 is 7.52. The van der Waals surface area contributed by atoms with Crippen LogP contribution in [-0.2, 0) is 17.8 Å². The molecule has 1 aromatic rings. The fourth-order valence-corrected chi connectivity index (χ4v) is 2.37. The summed E-state index contributed by atoms with van der Waals surface area (Å²) in [6.45, 7) is 6.72. The first-order valence-corrected chi connectivity index (χ1v) is 6.78. The van der Waals surface area contributed by atoms with Crippen molar-refractivity contribution < 1.29 is 9.84 Å². The Morgan fingerprint density at radius 1 is 1.44 bits per heavy atom. The highest BCUT2D eigenvalue weighted by molar-refractivity contribution is 5.03. The highest BCUT2D eigenvalue weighted by atomic mass is 16.5. The Hall–Kier alpha value is -0.910. The largest absolute Gasteiger partial charge is 0.394 e. The third-order valence-electron chi connectivity index (χ3n) is 3.40. The van der Waals surface area contributed by atoms with E-state index in [1.54, 1.807) is 0 Å². The number of aliphatic hydroxyl groups is 1. The second-order valence-electron chi connectivity index (χ2n) is 4.77. The van der Waals surface area contributed by atoms with Gasteiger partial charge in [0.2, 0.25) is 0 Å². The lowest BCUT2D eigenvalue weighted by atomic mass is 10.1. The Kier molecular flexibility index (Phi) is 5.16. The minimum atomic E-state index is 0.121. The third-order valence-corrected chi connectivity index (χ3v) is 3.40. The van der Waals surface area contributed by atoms with Crippen LogP contribution < -0.4 is 0 Å². The van der Waals surface area contributed by atoms with Gasteiger partial charge in [-0.3, -0.25) is 9.58 Å². The molecule has 5 heteroatoms. The van der Waals surface area contributed by atoms with E-state index < -0.39 is 0 Å². The van der Waals surface area contributed by atoms with Crippen molar-refractivity contribution in [1.29, 1.82) is 0 Å². The molecule has 0 unspecified atom stereocenters. The molecular formula is C13H23N3O2. The Bertz CT molecular complexity index is 346. The lowest BCUT2D eigenvalue weighted by Crippen LogP contribution is -2.36. The van der Waals surface area contributed by atoms with Gasteiger partial charge in [0.25, 0.3) is 0 Å². The minimum Gasteiger partial charge on any atom is -0.394 e. The summed E-state index contributed by atoms with van der Waals surface area (Å²) in [5.41, 5.74) is 1.28. The SMILES string of the molecule is CCn1cc(CN2CCC(OCCO)CC2)cn1. The van der Waals surface area contributed by atoms with Crippen LogP contribution in [0.4, 0.5) is 0 Å². The highest BCUT2D eigenvalue weighted by Gasteiger charge is 2.19. The molecule has 0 saturated carbocycles. The van der Waals surface area contributed by atoms with Gasteiger partial charge in [0, 0.05) is 37.9 Å². The molecule has 1 aliphatic heterocycles. The Morgan fingerprint density at radius 3 is 2.83 bits per heavy atom. The van der Waals surface area contributed by atoms with E-state index in [9.17, 15) is 0 Å². The van der Waals surface area contributed by atoms with Crippen molar-refractivity contribution in [2.45, 2.75) is 39.0 Å². The van der Waals surface area contributed by atoms with Crippen LogP contribution in [0, 0.1) is 0 Å². The van der Waals surface area contributed by atoms with Crippen LogP contribution in [0.5, 0.6) is 0 Å². The van der Waals surface area contributed by atoms with Crippen molar-refractivity contribution in [3.63, 3.8) is 0 Å². The van der Waals surface area contributed by atoms with Crippen LogP contribution in [0.2, 0.25) is 0 Å². The predicted molar refractivity (Wildman–Crippen MR) is 69.2 cm³/mol. The number of hydrogen-bond acceptors (Lipinski definition) is 4. The molecule has 0 aromatic carbocycles. The van der Waals surface area contributed by atoms with Gasteiger partial charge < -0.3 is 9.84 Å². The van der Waals surface area contributed by atoms with Crippen LogP contribution in [0.3, 0.4) is 0 Å². The summed E-state index contributed by atoms with van der Waals surface area (Å²) in [4.78, 5) is 2.44. The smallest absolute Gasteiger partial charge is 0.0701 e. The first-order chi connectivity index (χ1) is 8.81. The van der Waals surface area contributed by atoms with E-state index in [0.717, 1.165) is 39.0 Å². The molecule has 1 N–H and O–H groups in total. The molecule has 5 nitrogen and oxygen atoms in total. The maximum atomic E-state index is 8.72. The lowest BCUT2D eigenvalue weighted by molar-refractivity contribution is -0.00901. The summed E-state index contributed by atoms with van der Waals surface area (Å²) in [5.74, 6) is 0. The van der Waals surface area contributed by atoms with Crippen molar-refractivity contribution in [3.8, 4) is 0 Å². The van der Waals surface area contributed by atoms with Gasteiger partial charge in [-0.25, -0.2) is 0 Å². The van der Waals surface area contributed by atoms with E-state index in [-0.39, 0.29) is 6.61 Å². The van der Waals surface area contributed by atoms with Gasteiger partial charge in [0.05, 0.1) is 25.5 Å². The van der Waals surface area contributed by atoms with Crippen molar-refractivity contribution in [1.82, 2.24) is 14.7 Å². The zero-order valence-electron chi connectivity index (χ0n) is 11.1. The molecule has 18 heavy (non-hydrogen) atoms. The summed E-state index contributed by atoms with van der Waals surface area (Å²) in [7, 11) is 0. The fourth-order valence-electron chi connectivity index (χ4n) is 2.37. The first-order valence-electron chi connectivity index (χ1n) is 6.78. The molecule has 0 atom stereocenters. The van der Waals surface area contributed by atoms with E-state index in [0.29, 0.717) is 12.7 Å². The highest BCUT2D eigenvalue weighted by Crippen LogP contribution is 2.15. The first kappa shape index (κ1) is 13.5. The quantitative estimate of drug-likeness (QED) is 0.817. The van der Waals surface area contributed by atoms with Gasteiger partial charge in [-0.05, 0) is 19.8 Å². The molecule has 0 aliphatic carbocycles. The normalized spacial score (nSPS) is 18.3. The Labute approximate surface area is 108 Å². The molecule has 1 saturated heterocycles. The number of nitrogens with zero attached hydrogens (tertiary/aromatic N) is 3. The summed E-state index contributed by atoms with van der Waals surface area (Å²) in [6, 6.07) is 0. The number of hydrogen-bond donors (Lipinski definition) is 1. The summed E-state index contributed by atoms with van der Waals surface area (Å²) in [5, 5.41) is 13.0. The van der Waals surface area contributed by atoms with E-state index in [2.05, 4.69) is 23.1 Å². The van der Waals surface area contributed by atoms with Gasteiger partial charge in [-0.2, -0.15) is 5.10 Å². The zero-order valence-corrected chi connectivity index (χ0v) is 11.1. The number of ether oxygens (including phenoxy) is 1. The van der Waals surface area contributed by atoms with E-state index in [1.807, 2.05) is 10.9 Å². The average Bonchev–Trinajstić information content (AvgIpc) is 2.86. The van der Waals surface area contributed by atoms with Crippen LogP contribution in [0.15, 0.2) is 12.4 Å². The number of aromatic nitrogens is 2. The van der Waals surface area contributed by atoms with Gasteiger partial charge in [0.1, 0.15) is 0 Å². The van der Waals surface area contributed by atoms with Crippen molar-refractivity contribution in [2.24, 2.45) is 0 Å². The molecule has 0 spiro atoms. The van der Waals surface area contributed by atoms with E-state index in [1.165, 1.54) is 5.56 Å². The van der Waals surface area contributed by atoms with Gasteiger partial charge in [0.15, 0.2) is 0 Å². The molecule has 2 heterocycles. The Morgan fingerprint density at radius 2 is 2.22 bits per heavy atom. The van der Waals surface area contributed by atoms with Crippen LogP contribution in [0.1, 0.15) is 25.3 Å². The number of likely N-dealkylation sites (tertiary alicyclic amines) is 1. The van der Waals surface area contributed by atoms with Crippen LogP contribution >= 0.6 is 0 Å². The molecule has 1 aliphatic rings. The second-order valence-corrected chi connectivity index (χ2v) is 4.77. The fraction of sp³-hybridized carbons (Fsp3) is 0.769. The second kappa shape index (κ2) is 6.87. The van der Waals surface area contributed by atoms with Gasteiger partial charge in [-0.1, -0.05) is 0 Å². The van der Waals surface area contributed by atoms with E-state index in [4.69, 9.17) is 9.84 Å². The summed E-state index contributed by atoms with van der Waals surface area (Å²) >= 11 is 0. The monoisotopic (exact) mass is 253 g/mol. The predicted octanol–water partition coefficient (Wildman–Crippen LogP) is 0.876. The molecule has 102 valence electrons. The number of piperidine rings is 1. The molecule has 2 rings (SSSR count).